The number of esters is 1. The van der Waals surface area contributed by atoms with Gasteiger partial charge in [0.25, 0.3) is 0 Å². The number of carbonyl (C=O) groups is 2. The summed E-state index contributed by atoms with van der Waals surface area (Å²) >= 11 is 6.22. The van der Waals surface area contributed by atoms with E-state index < -0.39 is 29.3 Å². The molecule has 8 heteroatoms. The molecule has 2 aromatic rings. The largest absolute Gasteiger partial charge is 0.444 e. The Labute approximate surface area is 167 Å². The summed E-state index contributed by atoms with van der Waals surface area (Å²) in [4.78, 5) is 36.2. The van der Waals surface area contributed by atoms with Gasteiger partial charge in [-0.3, -0.25) is 0 Å². The van der Waals surface area contributed by atoms with E-state index in [4.69, 9.17) is 25.5 Å². The average Bonchev–Trinajstić information content (AvgIpc) is 2.54. The van der Waals surface area contributed by atoms with Crippen LogP contribution in [0.2, 0.25) is 5.02 Å². The van der Waals surface area contributed by atoms with Crippen LogP contribution in [0.25, 0.3) is 11.0 Å². The number of ether oxygens (including phenoxy) is 2. The van der Waals surface area contributed by atoms with E-state index in [0.717, 1.165) is 0 Å². The van der Waals surface area contributed by atoms with E-state index in [-0.39, 0.29) is 16.4 Å². The number of benzene rings is 1. The molecule has 0 fully saturated rings. The number of hydrogen-bond donors (Lipinski definition) is 1. The number of amides is 1. The smallest absolute Gasteiger partial charge is 0.408 e. The van der Waals surface area contributed by atoms with Gasteiger partial charge in [0.05, 0.1) is 5.02 Å². The third kappa shape index (κ3) is 5.73. The first kappa shape index (κ1) is 21.8. The standard InChI is InChI=1S/C20H24ClNO6/c1-6-7-14(22-19(25)28-20(3,4)5)18(24)27-16-10-15-12(9-13(16)21)11(2)8-17(23)26-15/h8-10,14H,6-7H2,1-5H3,(H,22,25)/t14-/m1/s1. The van der Waals surface area contributed by atoms with E-state index in [0.29, 0.717) is 23.8 Å². The lowest BCUT2D eigenvalue weighted by Gasteiger charge is -2.22. The Morgan fingerprint density at radius 2 is 1.93 bits per heavy atom. The van der Waals surface area contributed by atoms with Crippen LogP contribution in [0.3, 0.4) is 0 Å². The fourth-order valence-corrected chi connectivity index (χ4v) is 2.77. The van der Waals surface area contributed by atoms with Crippen molar-refractivity contribution in [2.45, 2.75) is 59.1 Å². The summed E-state index contributed by atoms with van der Waals surface area (Å²) in [5.41, 5.74) is -0.257. The van der Waals surface area contributed by atoms with Crippen LogP contribution in [0.15, 0.2) is 27.4 Å². The minimum absolute atomic E-state index is 0.0417. The molecule has 0 spiro atoms. The maximum atomic E-state index is 12.6. The summed E-state index contributed by atoms with van der Waals surface area (Å²) in [7, 11) is 0. The van der Waals surface area contributed by atoms with E-state index in [9.17, 15) is 14.4 Å². The minimum Gasteiger partial charge on any atom is -0.444 e. The van der Waals surface area contributed by atoms with Crippen LogP contribution in [0.4, 0.5) is 4.79 Å². The van der Waals surface area contributed by atoms with E-state index in [1.807, 2.05) is 6.92 Å². The zero-order valence-electron chi connectivity index (χ0n) is 16.6. The van der Waals surface area contributed by atoms with E-state index >= 15 is 0 Å². The van der Waals surface area contributed by atoms with Crippen LogP contribution in [0.1, 0.15) is 46.1 Å². The molecule has 1 aromatic heterocycles. The molecular formula is C20H24ClNO6. The van der Waals surface area contributed by atoms with Gasteiger partial charge in [-0.2, -0.15) is 0 Å². The van der Waals surface area contributed by atoms with Crippen molar-refractivity contribution in [3.63, 3.8) is 0 Å². The van der Waals surface area contributed by atoms with Gasteiger partial charge in [0.2, 0.25) is 0 Å². The molecule has 0 aliphatic rings. The summed E-state index contributed by atoms with van der Waals surface area (Å²) in [6, 6.07) is 3.40. The highest BCUT2D eigenvalue weighted by Crippen LogP contribution is 2.31. The zero-order chi connectivity index (χ0) is 21.1. The summed E-state index contributed by atoms with van der Waals surface area (Å²) in [5, 5.41) is 3.34. The molecule has 0 aliphatic heterocycles. The summed E-state index contributed by atoms with van der Waals surface area (Å²) in [6.45, 7) is 8.81. The van der Waals surface area contributed by atoms with Crippen molar-refractivity contribution in [2.24, 2.45) is 0 Å². The van der Waals surface area contributed by atoms with Gasteiger partial charge in [0.1, 0.15) is 17.2 Å². The average molecular weight is 410 g/mol. The molecule has 0 saturated heterocycles. The highest BCUT2D eigenvalue weighted by Gasteiger charge is 2.26. The van der Waals surface area contributed by atoms with Gasteiger partial charge >= 0.3 is 17.7 Å². The second kappa shape index (κ2) is 8.65. The third-order valence-corrected chi connectivity index (χ3v) is 4.06. The fraction of sp³-hybridized carbons (Fsp3) is 0.450. The SMILES string of the molecule is CCC[C@@H](NC(=O)OC(C)(C)C)C(=O)Oc1cc2oc(=O)cc(C)c2cc1Cl. The predicted molar refractivity (Wildman–Crippen MR) is 106 cm³/mol. The van der Waals surface area contributed by atoms with E-state index in [1.54, 1.807) is 33.8 Å². The van der Waals surface area contributed by atoms with Gasteiger partial charge in [0, 0.05) is 17.5 Å². The number of alkyl carbamates (subject to hydrolysis) is 1. The Balaban J connectivity index is 2.24. The number of carbonyl (C=O) groups excluding carboxylic acids is 2. The third-order valence-electron chi connectivity index (χ3n) is 3.77. The lowest BCUT2D eigenvalue weighted by Crippen LogP contribution is -2.45. The number of hydrogen-bond acceptors (Lipinski definition) is 6. The van der Waals surface area contributed by atoms with E-state index in [1.165, 1.54) is 12.1 Å². The molecule has 1 amide bonds. The fourth-order valence-electron chi connectivity index (χ4n) is 2.56. The minimum atomic E-state index is -0.906. The highest BCUT2D eigenvalue weighted by molar-refractivity contribution is 6.33. The van der Waals surface area contributed by atoms with Gasteiger partial charge < -0.3 is 19.2 Å². The molecule has 1 aromatic carbocycles. The number of aryl methyl sites for hydroxylation is 1. The van der Waals surface area contributed by atoms with Crippen molar-refractivity contribution in [3.8, 4) is 5.75 Å². The Morgan fingerprint density at radius 3 is 2.54 bits per heavy atom. The second-order valence-electron chi connectivity index (χ2n) is 7.44. The maximum Gasteiger partial charge on any atom is 0.408 e. The van der Waals surface area contributed by atoms with Crippen molar-refractivity contribution in [2.75, 3.05) is 0 Å². The first-order valence-corrected chi connectivity index (χ1v) is 9.33. The van der Waals surface area contributed by atoms with Gasteiger partial charge in [-0.05, 0) is 45.7 Å². The zero-order valence-corrected chi connectivity index (χ0v) is 17.3. The van der Waals surface area contributed by atoms with Crippen LogP contribution in [0, 0.1) is 6.92 Å². The Kier molecular flexibility index (Phi) is 6.72. The number of rotatable bonds is 5. The first-order valence-electron chi connectivity index (χ1n) is 8.95. The predicted octanol–water partition coefficient (Wildman–Crippen LogP) is 4.35. The molecule has 7 nitrogen and oxygen atoms in total. The molecule has 0 bridgehead atoms. The molecule has 1 atom stereocenters. The lowest BCUT2D eigenvalue weighted by atomic mass is 10.1. The first-order chi connectivity index (χ1) is 13.0. The van der Waals surface area contributed by atoms with Gasteiger partial charge in [-0.15, -0.1) is 0 Å². The van der Waals surface area contributed by atoms with Gasteiger partial charge in [0.15, 0.2) is 5.75 Å². The summed E-state index contributed by atoms with van der Waals surface area (Å²) < 4.78 is 15.7. The Bertz CT molecular complexity index is 944. The number of nitrogens with one attached hydrogen (secondary N) is 1. The molecule has 1 heterocycles. The molecule has 0 radical (unpaired) electrons. The van der Waals surface area contributed by atoms with Crippen molar-refractivity contribution >= 4 is 34.6 Å². The quantitative estimate of drug-likeness (QED) is 0.448. The van der Waals surface area contributed by atoms with Crippen LogP contribution in [-0.2, 0) is 9.53 Å². The summed E-state index contributed by atoms with van der Waals surface area (Å²) in [5.74, 6) is -0.649. The van der Waals surface area contributed by atoms with Crippen molar-refractivity contribution in [1.29, 1.82) is 0 Å². The van der Waals surface area contributed by atoms with Gasteiger partial charge in [-0.1, -0.05) is 24.9 Å². The van der Waals surface area contributed by atoms with Crippen molar-refractivity contribution < 1.29 is 23.5 Å². The van der Waals surface area contributed by atoms with Crippen LogP contribution >= 0.6 is 11.6 Å². The van der Waals surface area contributed by atoms with Crippen molar-refractivity contribution in [1.82, 2.24) is 5.32 Å². The number of fused-ring (bicyclic) bond motifs is 1. The van der Waals surface area contributed by atoms with Crippen LogP contribution in [0.5, 0.6) is 5.75 Å². The second-order valence-corrected chi connectivity index (χ2v) is 7.84. The molecule has 28 heavy (non-hydrogen) atoms. The maximum absolute atomic E-state index is 12.6. The van der Waals surface area contributed by atoms with Crippen LogP contribution in [-0.4, -0.2) is 23.7 Å². The monoisotopic (exact) mass is 409 g/mol. The topological polar surface area (TPSA) is 94.8 Å². The molecule has 1 N–H and O–H groups in total. The van der Waals surface area contributed by atoms with Crippen molar-refractivity contribution in [3.05, 3.63) is 39.2 Å². The molecule has 152 valence electrons. The number of halogens is 1. The van der Waals surface area contributed by atoms with E-state index in [2.05, 4.69) is 5.32 Å². The Hall–Kier alpha value is -2.54. The highest BCUT2D eigenvalue weighted by atomic mass is 35.5. The Morgan fingerprint density at radius 1 is 1.25 bits per heavy atom. The summed E-state index contributed by atoms with van der Waals surface area (Å²) in [6.07, 6.45) is 0.279. The van der Waals surface area contributed by atoms with Crippen LogP contribution < -0.4 is 15.7 Å². The molecule has 0 unspecified atom stereocenters. The molecule has 0 saturated carbocycles. The molecule has 2 rings (SSSR count). The normalized spacial score (nSPS) is 12.5. The molecular weight excluding hydrogens is 386 g/mol. The lowest BCUT2D eigenvalue weighted by molar-refractivity contribution is -0.137. The molecule has 0 aliphatic carbocycles. The van der Waals surface area contributed by atoms with Gasteiger partial charge in [-0.25, -0.2) is 14.4 Å².